The number of hydrogen-bond donors (Lipinski definition) is 2. The van der Waals surface area contributed by atoms with Gasteiger partial charge in [-0.1, -0.05) is 39.0 Å². The summed E-state index contributed by atoms with van der Waals surface area (Å²) in [5.41, 5.74) is 3.76. The number of carbonyl (C=O) groups excluding carboxylic acids is 1. The molecule has 5 nitrogen and oxygen atoms in total. The lowest BCUT2D eigenvalue weighted by molar-refractivity contribution is 0.0955. The summed E-state index contributed by atoms with van der Waals surface area (Å²) in [6, 6.07) is 13.6. The molecule has 0 aliphatic rings. The zero-order chi connectivity index (χ0) is 19.3. The van der Waals surface area contributed by atoms with Crippen LogP contribution in [0, 0.1) is 0 Å². The summed E-state index contributed by atoms with van der Waals surface area (Å²) in [6.07, 6.45) is 9.06. The van der Waals surface area contributed by atoms with Crippen LogP contribution in [0.2, 0.25) is 0 Å². The van der Waals surface area contributed by atoms with Crippen molar-refractivity contribution in [2.45, 2.75) is 45.4 Å². The standard InChI is InChI=1S/C22H28N2O3/c1-2-3-4-5-6-7-16-27-21-14-8-18(9-15-21)17-23-24-22(26)19-10-12-20(25)13-11-19/h8-15,17,25H,2-7,16H2,1H3,(H,24,26)/b23-17+. The normalized spacial score (nSPS) is 10.9. The van der Waals surface area contributed by atoms with E-state index >= 15 is 0 Å². The first-order valence-electron chi connectivity index (χ1n) is 9.54. The number of ether oxygens (including phenoxy) is 1. The Morgan fingerprint density at radius 3 is 2.37 bits per heavy atom. The molecule has 0 spiro atoms. The monoisotopic (exact) mass is 368 g/mol. The zero-order valence-corrected chi connectivity index (χ0v) is 15.9. The second kappa shape index (κ2) is 11.7. The maximum absolute atomic E-state index is 11.9. The molecule has 0 aromatic heterocycles. The summed E-state index contributed by atoms with van der Waals surface area (Å²) in [5.74, 6) is 0.632. The Bertz CT molecular complexity index is 709. The van der Waals surface area contributed by atoms with Gasteiger partial charge < -0.3 is 9.84 Å². The third-order valence-corrected chi connectivity index (χ3v) is 4.16. The SMILES string of the molecule is CCCCCCCCOc1ccc(/C=N/NC(=O)c2ccc(O)cc2)cc1. The van der Waals surface area contributed by atoms with Gasteiger partial charge in [-0.25, -0.2) is 5.43 Å². The van der Waals surface area contributed by atoms with E-state index in [9.17, 15) is 9.90 Å². The number of hydrazone groups is 1. The van der Waals surface area contributed by atoms with Crippen molar-refractivity contribution in [3.63, 3.8) is 0 Å². The smallest absolute Gasteiger partial charge is 0.271 e. The molecule has 0 aliphatic heterocycles. The molecule has 0 radical (unpaired) electrons. The van der Waals surface area contributed by atoms with E-state index in [1.165, 1.54) is 56.4 Å². The Morgan fingerprint density at radius 2 is 1.67 bits per heavy atom. The second-order valence-corrected chi connectivity index (χ2v) is 6.43. The summed E-state index contributed by atoms with van der Waals surface area (Å²) >= 11 is 0. The first-order valence-corrected chi connectivity index (χ1v) is 9.54. The number of unbranched alkanes of at least 4 members (excludes halogenated alkanes) is 5. The number of nitrogens with one attached hydrogen (secondary N) is 1. The molecular formula is C22H28N2O3. The summed E-state index contributed by atoms with van der Waals surface area (Å²) < 4.78 is 5.74. The minimum Gasteiger partial charge on any atom is -0.508 e. The van der Waals surface area contributed by atoms with Crippen molar-refractivity contribution in [2.24, 2.45) is 5.10 Å². The molecular weight excluding hydrogens is 340 g/mol. The van der Waals surface area contributed by atoms with Crippen LogP contribution in [0.1, 0.15) is 61.4 Å². The fourth-order valence-corrected chi connectivity index (χ4v) is 2.57. The maximum Gasteiger partial charge on any atom is 0.271 e. The summed E-state index contributed by atoms with van der Waals surface area (Å²) in [5, 5.41) is 13.2. The summed E-state index contributed by atoms with van der Waals surface area (Å²) in [4.78, 5) is 11.9. The van der Waals surface area contributed by atoms with Crippen LogP contribution in [0.4, 0.5) is 0 Å². The van der Waals surface area contributed by atoms with Crippen molar-refractivity contribution in [3.8, 4) is 11.5 Å². The van der Waals surface area contributed by atoms with Crippen molar-refractivity contribution in [1.82, 2.24) is 5.43 Å². The van der Waals surface area contributed by atoms with Crippen molar-refractivity contribution < 1.29 is 14.6 Å². The van der Waals surface area contributed by atoms with Crippen LogP contribution in [0.15, 0.2) is 53.6 Å². The lowest BCUT2D eigenvalue weighted by Gasteiger charge is -2.06. The molecule has 2 rings (SSSR count). The Morgan fingerprint density at radius 1 is 1.00 bits per heavy atom. The minimum atomic E-state index is -0.329. The summed E-state index contributed by atoms with van der Waals surface area (Å²) in [7, 11) is 0. The number of aromatic hydroxyl groups is 1. The lowest BCUT2D eigenvalue weighted by atomic mass is 10.1. The lowest BCUT2D eigenvalue weighted by Crippen LogP contribution is -2.17. The highest BCUT2D eigenvalue weighted by Gasteiger charge is 2.03. The van der Waals surface area contributed by atoms with E-state index in [4.69, 9.17) is 4.74 Å². The number of phenols is 1. The van der Waals surface area contributed by atoms with E-state index in [-0.39, 0.29) is 11.7 Å². The van der Waals surface area contributed by atoms with E-state index < -0.39 is 0 Å². The quantitative estimate of drug-likeness (QED) is 0.337. The van der Waals surface area contributed by atoms with Gasteiger partial charge in [0.1, 0.15) is 11.5 Å². The Labute approximate surface area is 161 Å². The molecule has 0 unspecified atom stereocenters. The summed E-state index contributed by atoms with van der Waals surface area (Å²) in [6.45, 7) is 2.96. The first kappa shape index (κ1) is 20.5. The topological polar surface area (TPSA) is 70.9 Å². The van der Waals surface area contributed by atoms with Gasteiger partial charge in [0, 0.05) is 5.56 Å². The highest BCUT2D eigenvalue weighted by atomic mass is 16.5. The Balaban J connectivity index is 1.69. The molecule has 0 bridgehead atoms. The van der Waals surface area contributed by atoms with E-state index in [0.29, 0.717) is 5.56 Å². The second-order valence-electron chi connectivity index (χ2n) is 6.43. The predicted molar refractivity (Wildman–Crippen MR) is 108 cm³/mol. The van der Waals surface area contributed by atoms with Gasteiger partial charge in [0.2, 0.25) is 0 Å². The third-order valence-electron chi connectivity index (χ3n) is 4.16. The van der Waals surface area contributed by atoms with E-state index in [1.54, 1.807) is 6.21 Å². The highest BCUT2D eigenvalue weighted by molar-refractivity contribution is 5.94. The number of amides is 1. The average molecular weight is 368 g/mol. The van der Waals surface area contributed by atoms with Crippen molar-refractivity contribution >= 4 is 12.1 Å². The van der Waals surface area contributed by atoms with E-state index in [2.05, 4.69) is 17.5 Å². The van der Waals surface area contributed by atoms with Gasteiger partial charge in [-0.2, -0.15) is 5.10 Å². The number of carbonyl (C=O) groups is 1. The van der Waals surface area contributed by atoms with Gasteiger partial charge >= 0.3 is 0 Å². The van der Waals surface area contributed by atoms with Crippen LogP contribution in [-0.2, 0) is 0 Å². The molecule has 2 N–H and O–H groups in total. The Hall–Kier alpha value is -2.82. The molecule has 0 saturated heterocycles. The van der Waals surface area contributed by atoms with Crippen LogP contribution < -0.4 is 10.2 Å². The van der Waals surface area contributed by atoms with Crippen LogP contribution in [0.3, 0.4) is 0 Å². The highest BCUT2D eigenvalue weighted by Crippen LogP contribution is 2.13. The van der Waals surface area contributed by atoms with E-state index in [0.717, 1.165) is 24.3 Å². The van der Waals surface area contributed by atoms with Crippen molar-refractivity contribution in [1.29, 1.82) is 0 Å². The van der Waals surface area contributed by atoms with Crippen LogP contribution in [-0.4, -0.2) is 23.8 Å². The van der Waals surface area contributed by atoms with Crippen molar-refractivity contribution in [2.75, 3.05) is 6.61 Å². The molecule has 5 heteroatoms. The number of rotatable bonds is 11. The van der Waals surface area contributed by atoms with Gasteiger partial charge in [-0.3, -0.25) is 4.79 Å². The molecule has 0 saturated carbocycles. The van der Waals surface area contributed by atoms with Gasteiger partial charge in [0.15, 0.2) is 0 Å². The molecule has 2 aromatic carbocycles. The molecule has 0 atom stereocenters. The molecule has 0 aliphatic carbocycles. The number of benzene rings is 2. The molecule has 144 valence electrons. The first-order chi connectivity index (χ1) is 13.2. The van der Waals surface area contributed by atoms with Crippen molar-refractivity contribution in [3.05, 3.63) is 59.7 Å². The molecule has 0 heterocycles. The number of nitrogens with zero attached hydrogens (tertiary/aromatic N) is 1. The fourth-order valence-electron chi connectivity index (χ4n) is 2.57. The van der Waals surface area contributed by atoms with Gasteiger partial charge in [0.25, 0.3) is 5.91 Å². The van der Waals surface area contributed by atoms with Crippen LogP contribution >= 0.6 is 0 Å². The van der Waals surface area contributed by atoms with E-state index in [1.807, 2.05) is 24.3 Å². The Kier molecular flexibility index (Phi) is 8.90. The minimum absolute atomic E-state index is 0.119. The molecule has 1 amide bonds. The molecule has 0 fully saturated rings. The average Bonchev–Trinajstić information content (AvgIpc) is 2.69. The predicted octanol–water partition coefficient (Wildman–Crippen LogP) is 4.90. The van der Waals surface area contributed by atoms with Gasteiger partial charge in [0.05, 0.1) is 12.8 Å². The largest absolute Gasteiger partial charge is 0.508 e. The van der Waals surface area contributed by atoms with Gasteiger partial charge in [-0.15, -0.1) is 0 Å². The zero-order valence-electron chi connectivity index (χ0n) is 15.9. The maximum atomic E-state index is 11.9. The number of hydrogen-bond acceptors (Lipinski definition) is 4. The fraction of sp³-hybridized carbons (Fsp3) is 0.364. The van der Waals surface area contributed by atoms with Gasteiger partial charge in [-0.05, 0) is 60.5 Å². The van der Waals surface area contributed by atoms with Crippen LogP contribution in [0.5, 0.6) is 11.5 Å². The number of phenolic OH excluding ortho intramolecular Hbond substituents is 1. The van der Waals surface area contributed by atoms with Crippen LogP contribution in [0.25, 0.3) is 0 Å². The molecule has 2 aromatic rings. The molecule has 27 heavy (non-hydrogen) atoms. The third kappa shape index (κ3) is 7.94.